The van der Waals surface area contributed by atoms with Crippen LogP contribution in [-0.4, -0.2) is 48.8 Å². The van der Waals surface area contributed by atoms with E-state index in [1.165, 1.54) is 0 Å². The fourth-order valence-electron chi connectivity index (χ4n) is 2.94. The fraction of sp³-hybridized carbons (Fsp3) is 0.600. The molecule has 1 aliphatic rings. The van der Waals surface area contributed by atoms with E-state index in [-0.39, 0.29) is 12.6 Å². The van der Waals surface area contributed by atoms with Crippen molar-refractivity contribution in [3.63, 3.8) is 0 Å². The lowest BCUT2D eigenvalue weighted by Gasteiger charge is -2.20. The van der Waals surface area contributed by atoms with Gasteiger partial charge in [-0.3, -0.25) is 4.79 Å². The van der Waals surface area contributed by atoms with Gasteiger partial charge in [-0.1, -0.05) is 19.9 Å². The number of rotatable bonds is 8. The molecule has 1 heterocycles. The van der Waals surface area contributed by atoms with Crippen molar-refractivity contribution < 1.29 is 24.2 Å². The molecule has 7 heteroatoms. The number of carbonyl (C=O) groups is 2. The van der Waals surface area contributed by atoms with Crippen LogP contribution in [0.2, 0.25) is 0 Å². The highest BCUT2D eigenvalue weighted by molar-refractivity contribution is 5.79. The van der Waals surface area contributed by atoms with Gasteiger partial charge in [-0.25, -0.2) is 4.79 Å². The van der Waals surface area contributed by atoms with Gasteiger partial charge < -0.3 is 24.8 Å². The van der Waals surface area contributed by atoms with E-state index >= 15 is 0 Å². The summed E-state index contributed by atoms with van der Waals surface area (Å²) in [5, 5.41) is 12.1. The van der Waals surface area contributed by atoms with Crippen LogP contribution in [0.25, 0.3) is 0 Å². The van der Waals surface area contributed by atoms with Gasteiger partial charge in [-0.2, -0.15) is 0 Å². The Balaban J connectivity index is 1.90. The first-order chi connectivity index (χ1) is 12.7. The number of aliphatic carboxylic acids is 1. The van der Waals surface area contributed by atoms with E-state index in [9.17, 15) is 14.7 Å². The molecule has 1 saturated heterocycles. The van der Waals surface area contributed by atoms with Crippen molar-refractivity contribution in [1.29, 1.82) is 0 Å². The lowest BCUT2D eigenvalue weighted by atomic mass is 9.90. The number of amides is 2. The lowest BCUT2D eigenvalue weighted by molar-refractivity contribution is -0.147. The van der Waals surface area contributed by atoms with Crippen LogP contribution >= 0.6 is 0 Å². The number of carboxylic acids is 1. The minimum atomic E-state index is -0.866. The highest BCUT2D eigenvalue weighted by atomic mass is 16.5. The van der Waals surface area contributed by atoms with Crippen LogP contribution < -0.4 is 14.8 Å². The van der Waals surface area contributed by atoms with Crippen molar-refractivity contribution in [2.24, 2.45) is 11.3 Å². The predicted octanol–water partition coefficient (Wildman–Crippen LogP) is 3.13. The van der Waals surface area contributed by atoms with Gasteiger partial charge >= 0.3 is 12.0 Å². The molecular weight excluding hydrogens is 348 g/mol. The van der Waals surface area contributed by atoms with Gasteiger partial charge in [0.25, 0.3) is 0 Å². The summed E-state index contributed by atoms with van der Waals surface area (Å²) in [4.78, 5) is 25.2. The van der Waals surface area contributed by atoms with Crippen LogP contribution in [0.1, 0.15) is 39.2 Å². The van der Waals surface area contributed by atoms with E-state index in [4.69, 9.17) is 9.47 Å². The van der Waals surface area contributed by atoms with E-state index in [0.717, 1.165) is 12.0 Å². The Morgan fingerprint density at radius 1 is 1.33 bits per heavy atom. The number of hydrogen-bond donors (Lipinski definition) is 2. The zero-order valence-electron chi connectivity index (χ0n) is 16.6. The van der Waals surface area contributed by atoms with E-state index in [1.54, 1.807) is 18.9 Å². The van der Waals surface area contributed by atoms with Gasteiger partial charge in [0.15, 0.2) is 11.5 Å². The highest BCUT2D eigenvalue weighted by Crippen LogP contribution is 2.30. The molecular formula is C20H30N2O5. The quantitative estimate of drug-likeness (QED) is 0.726. The molecule has 1 aromatic carbocycles. The van der Waals surface area contributed by atoms with Gasteiger partial charge in [0.2, 0.25) is 0 Å². The molecule has 0 saturated carbocycles. The Labute approximate surface area is 160 Å². The number of likely N-dealkylation sites (tertiary alicyclic amines) is 1. The van der Waals surface area contributed by atoms with Crippen molar-refractivity contribution in [2.75, 3.05) is 26.8 Å². The predicted molar refractivity (Wildman–Crippen MR) is 102 cm³/mol. The third-order valence-corrected chi connectivity index (χ3v) is 4.90. The van der Waals surface area contributed by atoms with Gasteiger partial charge in [0.1, 0.15) is 0 Å². The highest BCUT2D eigenvalue weighted by Gasteiger charge is 2.42. The molecule has 0 radical (unpaired) electrons. The molecule has 1 fully saturated rings. The van der Waals surface area contributed by atoms with Crippen molar-refractivity contribution in [3.05, 3.63) is 23.8 Å². The number of methoxy groups -OCH3 is 1. The topological polar surface area (TPSA) is 88.1 Å². The monoisotopic (exact) mass is 378 g/mol. The lowest BCUT2D eigenvalue weighted by Crippen LogP contribution is -2.40. The number of benzene rings is 1. The summed E-state index contributed by atoms with van der Waals surface area (Å²) in [6, 6.07) is 5.32. The molecule has 27 heavy (non-hydrogen) atoms. The number of urea groups is 1. The van der Waals surface area contributed by atoms with Crippen LogP contribution in [0.3, 0.4) is 0 Å². The number of carboxylic acid groups (broad SMARTS) is 1. The average Bonchev–Trinajstić information content (AvgIpc) is 3.04. The molecule has 1 aromatic rings. The Hall–Kier alpha value is -2.44. The van der Waals surface area contributed by atoms with Crippen LogP contribution in [0.15, 0.2) is 18.2 Å². The Kier molecular flexibility index (Phi) is 6.93. The number of hydrogen-bond acceptors (Lipinski definition) is 4. The Bertz CT molecular complexity index is 676. The Morgan fingerprint density at radius 2 is 2.07 bits per heavy atom. The van der Waals surface area contributed by atoms with Crippen LogP contribution in [0, 0.1) is 11.3 Å². The third kappa shape index (κ3) is 5.52. The summed E-state index contributed by atoms with van der Waals surface area (Å²) >= 11 is 0. The first-order valence-corrected chi connectivity index (χ1v) is 9.31. The molecule has 2 rings (SSSR count). The van der Waals surface area contributed by atoms with E-state index < -0.39 is 11.4 Å². The van der Waals surface area contributed by atoms with Crippen LogP contribution in [0.5, 0.6) is 11.5 Å². The summed E-state index contributed by atoms with van der Waals surface area (Å²) in [6.45, 7) is 7.59. The maximum absolute atomic E-state index is 12.3. The minimum absolute atomic E-state index is 0.222. The zero-order chi connectivity index (χ0) is 20.0. The largest absolute Gasteiger partial charge is 0.493 e. The molecule has 0 bridgehead atoms. The van der Waals surface area contributed by atoms with Crippen molar-refractivity contribution >= 4 is 12.0 Å². The fourth-order valence-corrected chi connectivity index (χ4v) is 2.94. The minimum Gasteiger partial charge on any atom is -0.493 e. The second-order valence-corrected chi connectivity index (χ2v) is 7.71. The summed E-state index contributed by atoms with van der Waals surface area (Å²) in [7, 11) is 1.59. The normalized spacial score (nSPS) is 19.2. The average molecular weight is 378 g/mol. The van der Waals surface area contributed by atoms with Crippen molar-refractivity contribution in [1.82, 2.24) is 10.2 Å². The molecule has 1 atom stereocenters. The molecule has 0 spiro atoms. The second kappa shape index (κ2) is 8.97. The number of ether oxygens (including phenoxy) is 2. The van der Waals surface area contributed by atoms with Crippen molar-refractivity contribution in [2.45, 2.75) is 40.2 Å². The smallest absolute Gasteiger partial charge is 0.317 e. The maximum atomic E-state index is 12.3. The Morgan fingerprint density at radius 3 is 2.67 bits per heavy atom. The molecule has 2 N–H and O–H groups in total. The molecule has 7 nitrogen and oxygen atoms in total. The maximum Gasteiger partial charge on any atom is 0.317 e. The SMILES string of the molecule is COc1cc(CNC(=O)N2CCC(C)(C(=O)O)C2)ccc1OCCC(C)C. The first-order valence-electron chi connectivity index (χ1n) is 9.31. The summed E-state index contributed by atoms with van der Waals surface area (Å²) in [6.07, 6.45) is 1.43. The van der Waals surface area contributed by atoms with E-state index in [2.05, 4.69) is 19.2 Å². The summed E-state index contributed by atoms with van der Waals surface area (Å²) in [5.41, 5.74) is 0.0202. The second-order valence-electron chi connectivity index (χ2n) is 7.71. The molecule has 150 valence electrons. The van der Waals surface area contributed by atoms with Gasteiger partial charge in [-0.05, 0) is 43.4 Å². The number of carbonyl (C=O) groups excluding carboxylic acids is 1. The van der Waals surface area contributed by atoms with E-state index in [0.29, 0.717) is 43.5 Å². The van der Waals surface area contributed by atoms with Gasteiger partial charge in [0.05, 0.1) is 19.1 Å². The van der Waals surface area contributed by atoms with Crippen LogP contribution in [-0.2, 0) is 11.3 Å². The summed E-state index contributed by atoms with van der Waals surface area (Å²) in [5.74, 6) is 1.02. The standard InChI is InChI=1S/C20H30N2O5/c1-14(2)7-10-27-16-6-5-15(11-17(16)26-4)12-21-19(25)22-9-8-20(3,13-22)18(23)24/h5-6,11,14H,7-10,12-13H2,1-4H3,(H,21,25)(H,23,24). The van der Waals surface area contributed by atoms with Gasteiger partial charge in [-0.15, -0.1) is 0 Å². The molecule has 1 aliphatic heterocycles. The number of nitrogens with zero attached hydrogens (tertiary/aromatic N) is 1. The molecule has 2 amide bonds. The zero-order valence-corrected chi connectivity index (χ0v) is 16.6. The molecule has 0 aliphatic carbocycles. The summed E-state index contributed by atoms with van der Waals surface area (Å²) < 4.78 is 11.2. The number of nitrogens with one attached hydrogen (secondary N) is 1. The first kappa shape index (κ1) is 20.9. The molecule has 0 aromatic heterocycles. The van der Waals surface area contributed by atoms with E-state index in [1.807, 2.05) is 18.2 Å². The van der Waals surface area contributed by atoms with Crippen LogP contribution in [0.4, 0.5) is 4.79 Å². The van der Waals surface area contributed by atoms with Crippen molar-refractivity contribution in [3.8, 4) is 11.5 Å². The molecule has 1 unspecified atom stereocenters. The third-order valence-electron chi connectivity index (χ3n) is 4.90. The van der Waals surface area contributed by atoms with Gasteiger partial charge in [0, 0.05) is 19.6 Å².